The van der Waals surface area contributed by atoms with E-state index in [1.165, 1.54) is 313 Å². The number of nitrogens with zero attached hydrogens (tertiary/aromatic N) is 1. The molecule has 0 aromatic carbocycles. The van der Waals surface area contributed by atoms with E-state index in [2.05, 4.69) is 67.7 Å². The quantitative estimate of drug-likeness (QED) is 0.0381. The van der Waals surface area contributed by atoms with E-state index >= 15 is 0 Å². The third kappa shape index (κ3) is 15.9. The van der Waals surface area contributed by atoms with Gasteiger partial charge in [0.25, 0.3) is 5.91 Å². The molecule has 442 valence electrons. The average molecular weight is 1160 g/mol. The Bertz CT molecular complexity index is 2570. The number of aromatic nitrogens is 1. The van der Waals surface area contributed by atoms with Crippen LogP contribution in [0.5, 0.6) is 5.88 Å². The van der Waals surface area contributed by atoms with Crippen molar-refractivity contribution in [2.24, 2.45) is 4.99 Å². The molecular weight excluding hydrogens is 1050 g/mol. The molecule has 0 saturated carbocycles. The second kappa shape index (κ2) is 33.6. The maximum Gasteiger partial charge on any atom is 0.280 e. The first kappa shape index (κ1) is 63.2. The van der Waals surface area contributed by atoms with Crippen LogP contribution in [0.15, 0.2) is 40.0 Å². The molecule has 1 aliphatic heterocycles. The summed E-state index contributed by atoms with van der Waals surface area (Å²) >= 11 is 7.46. The number of amides is 1. The van der Waals surface area contributed by atoms with Crippen LogP contribution in [0.3, 0.4) is 0 Å². The minimum atomic E-state index is -0.221. The highest BCUT2D eigenvalue weighted by Crippen LogP contribution is 2.62. The highest BCUT2D eigenvalue weighted by molar-refractivity contribution is 7.24. The maximum atomic E-state index is 14.5. The lowest BCUT2D eigenvalue weighted by atomic mass is 9.71. The Morgan fingerprint density at radius 1 is 0.400 bits per heavy atom. The van der Waals surface area contributed by atoms with Crippen molar-refractivity contribution in [3.05, 3.63) is 73.3 Å². The second-order valence-corrected chi connectivity index (χ2v) is 29.2. The van der Waals surface area contributed by atoms with Crippen LogP contribution in [0.1, 0.15) is 353 Å². The lowest BCUT2D eigenvalue weighted by molar-refractivity contribution is 0.101. The Morgan fingerprint density at radius 3 is 1.06 bits per heavy atom. The summed E-state index contributed by atoms with van der Waals surface area (Å²) in [6.07, 6.45) is 58.7. The average Bonchev–Trinajstić information content (AvgIpc) is 4.52. The van der Waals surface area contributed by atoms with Gasteiger partial charge < -0.3 is 10.1 Å². The van der Waals surface area contributed by atoms with Gasteiger partial charge in [-0.2, -0.15) is 0 Å². The van der Waals surface area contributed by atoms with Crippen molar-refractivity contribution in [1.29, 1.82) is 0 Å². The molecule has 0 spiro atoms. The molecule has 6 heterocycles. The molecule has 0 bridgehead atoms. The maximum absolute atomic E-state index is 14.5. The predicted molar refractivity (Wildman–Crippen MR) is 354 cm³/mol. The zero-order valence-electron chi connectivity index (χ0n) is 51.0. The monoisotopic (exact) mass is 1160 g/mol. The molecular formula is C72H108N2O2S4. The molecule has 0 saturated heterocycles. The fourth-order valence-corrected chi connectivity index (χ4v) is 19.4. The summed E-state index contributed by atoms with van der Waals surface area (Å²) in [5.41, 5.74) is 8.62. The number of hydrogen-bond donors (Lipinski definition) is 2. The second-order valence-electron chi connectivity index (χ2n) is 25.3. The number of H-pyrrole nitrogens is 1. The molecule has 0 fully saturated rings. The number of aliphatic imine (C=N–C) groups is 1. The fraction of sp³-hybridized carbons (Fsp3) is 0.694. The molecule has 8 rings (SSSR count). The van der Waals surface area contributed by atoms with E-state index in [9.17, 15) is 9.90 Å². The Hall–Kier alpha value is -2.78. The van der Waals surface area contributed by atoms with E-state index in [1.54, 1.807) is 11.1 Å². The van der Waals surface area contributed by atoms with E-state index in [0.29, 0.717) is 16.8 Å². The number of aromatic hydroxyl groups is 1. The smallest absolute Gasteiger partial charge is 0.280 e. The van der Waals surface area contributed by atoms with E-state index in [4.69, 9.17) is 4.99 Å². The van der Waals surface area contributed by atoms with Crippen LogP contribution in [0.25, 0.3) is 30.1 Å². The summed E-state index contributed by atoms with van der Waals surface area (Å²) in [5.74, 6) is -0.138. The van der Waals surface area contributed by atoms with Gasteiger partial charge in [0.15, 0.2) is 5.88 Å². The topological polar surface area (TPSA) is 65.5 Å². The minimum absolute atomic E-state index is 0.00432. The molecule has 4 nitrogen and oxygen atoms in total. The number of carbonyl (C=O) groups is 1. The summed E-state index contributed by atoms with van der Waals surface area (Å²) in [6.45, 7) is 9.24. The zero-order valence-corrected chi connectivity index (χ0v) is 54.3. The van der Waals surface area contributed by atoms with Gasteiger partial charge in [0, 0.05) is 30.3 Å². The van der Waals surface area contributed by atoms with E-state index in [-0.39, 0.29) is 22.6 Å². The third-order valence-corrected chi connectivity index (χ3v) is 23.7. The van der Waals surface area contributed by atoms with Crippen LogP contribution in [0.4, 0.5) is 0 Å². The lowest BCUT2D eigenvalue weighted by Crippen LogP contribution is -2.25. The molecule has 5 aromatic rings. The van der Waals surface area contributed by atoms with E-state index in [1.807, 2.05) is 45.3 Å². The lowest BCUT2D eigenvalue weighted by Gasteiger charge is -2.31. The molecule has 0 atom stereocenters. The first-order valence-electron chi connectivity index (χ1n) is 34.0. The third-order valence-electron chi connectivity index (χ3n) is 19.2. The normalized spacial score (nSPS) is 14.6. The van der Waals surface area contributed by atoms with Gasteiger partial charge in [-0.25, -0.2) is 4.99 Å². The van der Waals surface area contributed by atoms with Gasteiger partial charge in [0.05, 0.1) is 32.3 Å². The van der Waals surface area contributed by atoms with Crippen molar-refractivity contribution >= 4 is 57.0 Å². The summed E-state index contributed by atoms with van der Waals surface area (Å²) in [7, 11) is 0. The summed E-state index contributed by atoms with van der Waals surface area (Å²) in [4.78, 5) is 30.6. The largest absolute Gasteiger partial charge is 0.494 e. The van der Waals surface area contributed by atoms with Crippen molar-refractivity contribution in [3.63, 3.8) is 0 Å². The summed E-state index contributed by atoms with van der Waals surface area (Å²) in [6, 6.07) is 9.80. The van der Waals surface area contributed by atoms with Crippen LogP contribution in [0.2, 0.25) is 0 Å². The number of rotatable bonds is 46. The molecule has 2 aliphatic carbocycles. The van der Waals surface area contributed by atoms with Crippen molar-refractivity contribution < 1.29 is 9.90 Å². The summed E-state index contributed by atoms with van der Waals surface area (Å²) < 4.78 is 0. The van der Waals surface area contributed by atoms with Gasteiger partial charge in [-0.05, 0) is 83.0 Å². The van der Waals surface area contributed by atoms with Gasteiger partial charge in [-0.3, -0.25) is 4.79 Å². The Labute approximate surface area is 503 Å². The molecule has 3 aliphatic rings. The minimum Gasteiger partial charge on any atom is -0.494 e. The zero-order chi connectivity index (χ0) is 55.8. The van der Waals surface area contributed by atoms with Crippen molar-refractivity contribution in [1.82, 2.24) is 4.98 Å². The fourth-order valence-electron chi connectivity index (χ4n) is 14.6. The van der Waals surface area contributed by atoms with Gasteiger partial charge in [-0.1, -0.05) is 285 Å². The van der Waals surface area contributed by atoms with Crippen molar-refractivity contribution in [3.8, 4) is 36.0 Å². The van der Waals surface area contributed by atoms with Crippen LogP contribution >= 0.6 is 45.3 Å². The van der Waals surface area contributed by atoms with Crippen LogP contribution in [0, 0.1) is 0 Å². The van der Waals surface area contributed by atoms with E-state index < -0.39 is 0 Å². The van der Waals surface area contributed by atoms with Gasteiger partial charge in [-0.15, -0.1) is 45.3 Å². The van der Waals surface area contributed by atoms with Crippen molar-refractivity contribution in [2.45, 2.75) is 321 Å². The molecule has 0 radical (unpaired) electrons. The van der Waals surface area contributed by atoms with Crippen LogP contribution in [-0.4, -0.2) is 21.7 Å². The first-order valence-corrected chi connectivity index (χ1v) is 37.4. The molecule has 5 aromatic heterocycles. The van der Waals surface area contributed by atoms with Crippen LogP contribution in [-0.2, 0) is 10.8 Å². The van der Waals surface area contributed by atoms with E-state index in [0.717, 1.165) is 15.4 Å². The SMILES string of the molecule is CCCCCCCCCCCCC1(CCCCCCCCCCCC)c2ccsc2-c2sc(C3=NC(=O)c4c(-c5cc6c(s5)-c5sccc5C6(CCCCCCCCCCCC)CCCCCCCCCCCC)[nH]c(O)c43)cc21. The molecule has 0 unspecified atom stereocenters. The van der Waals surface area contributed by atoms with Crippen molar-refractivity contribution in [2.75, 3.05) is 0 Å². The Balaban J connectivity index is 1.00. The number of nitrogens with one attached hydrogen (secondary N) is 1. The number of hydrogen-bond acceptors (Lipinski definition) is 6. The van der Waals surface area contributed by atoms with Gasteiger partial charge >= 0.3 is 0 Å². The number of aromatic amines is 1. The molecule has 8 heteroatoms. The molecule has 1 amide bonds. The first-order chi connectivity index (χ1) is 39.4. The van der Waals surface area contributed by atoms with Crippen LogP contribution < -0.4 is 0 Å². The number of carbonyl (C=O) groups excluding carboxylic acids is 1. The van der Waals surface area contributed by atoms with Gasteiger partial charge in [0.2, 0.25) is 0 Å². The summed E-state index contributed by atoms with van der Waals surface area (Å²) in [5, 5.41) is 16.7. The standard InChI is InChI=1S/C72H108N2O2S4/c1-5-9-13-17-21-25-29-33-37-41-47-71(48-42-38-34-30-26-22-18-14-10-6-2)55-45-51-77-65(55)67-57(71)53-59(79-67)63-61-62(70(76)73-63)64(74-69(61)75)60-54-58-68(80-60)66-56(46-52-78-66)72(58,49-43-39-35-31-27-23-19-15-11-7-3)50-44-40-36-32-28-24-20-16-12-8-4/h45-46,51-54,73,76H,5-44,47-50H2,1-4H3. The predicted octanol–water partition coefficient (Wildman–Crippen LogP) is 25.4. The highest BCUT2D eigenvalue weighted by Gasteiger charge is 2.48. The Morgan fingerprint density at radius 2 is 0.713 bits per heavy atom. The molecule has 2 N–H and O–H groups in total. The van der Waals surface area contributed by atoms with Gasteiger partial charge in [0.1, 0.15) is 0 Å². The Kier molecular flexibility index (Phi) is 26.6. The number of thiophene rings is 4. The highest BCUT2D eigenvalue weighted by atomic mass is 32.1. The molecule has 80 heavy (non-hydrogen) atoms. The number of fused-ring (bicyclic) bond motifs is 7. The number of unbranched alkanes of at least 4 members (excludes halogenated alkanes) is 36.